The summed E-state index contributed by atoms with van der Waals surface area (Å²) in [6, 6.07) is 11.8. The molecule has 0 heterocycles. The first kappa shape index (κ1) is 13.2. The van der Waals surface area contributed by atoms with Gasteiger partial charge in [0.15, 0.2) is 0 Å². The molecule has 0 radical (unpaired) electrons. The van der Waals surface area contributed by atoms with Crippen LogP contribution in [0, 0.1) is 5.82 Å². The number of nitrogen functional groups attached to an aromatic ring is 1. The standard InChI is InChI=1S/C15H17FN2O/c1-10(2)19-13-8-11(17)7-12(9-13)18-15-6-4-3-5-14(15)16/h3-10,18H,17H2,1-2H3. The molecule has 0 saturated carbocycles. The first-order valence-electron chi connectivity index (χ1n) is 6.13. The summed E-state index contributed by atoms with van der Waals surface area (Å²) < 4.78 is 19.2. The van der Waals surface area contributed by atoms with Crippen molar-refractivity contribution in [2.45, 2.75) is 20.0 Å². The molecule has 0 aromatic heterocycles. The number of anilines is 3. The Morgan fingerprint density at radius 2 is 1.89 bits per heavy atom. The minimum Gasteiger partial charge on any atom is -0.491 e. The van der Waals surface area contributed by atoms with Crippen molar-refractivity contribution >= 4 is 17.1 Å². The SMILES string of the molecule is CC(C)Oc1cc(N)cc(Nc2ccccc2F)c1. The Labute approximate surface area is 112 Å². The van der Waals surface area contributed by atoms with Crippen LogP contribution in [-0.4, -0.2) is 6.10 Å². The van der Waals surface area contributed by atoms with Gasteiger partial charge in [-0.15, -0.1) is 0 Å². The van der Waals surface area contributed by atoms with E-state index in [-0.39, 0.29) is 11.9 Å². The van der Waals surface area contributed by atoms with E-state index in [0.717, 1.165) is 0 Å². The van der Waals surface area contributed by atoms with E-state index in [1.807, 2.05) is 13.8 Å². The largest absolute Gasteiger partial charge is 0.491 e. The van der Waals surface area contributed by atoms with Crippen molar-refractivity contribution in [3.8, 4) is 5.75 Å². The summed E-state index contributed by atoms with van der Waals surface area (Å²) >= 11 is 0. The highest BCUT2D eigenvalue weighted by Gasteiger charge is 2.05. The fourth-order valence-corrected chi connectivity index (χ4v) is 1.75. The lowest BCUT2D eigenvalue weighted by Gasteiger charge is -2.13. The summed E-state index contributed by atoms with van der Waals surface area (Å²) in [6.07, 6.45) is 0.0584. The molecule has 2 aromatic carbocycles. The van der Waals surface area contributed by atoms with Gasteiger partial charge in [-0.25, -0.2) is 4.39 Å². The third-order valence-corrected chi connectivity index (χ3v) is 2.45. The van der Waals surface area contributed by atoms with Crippen LogP contribution >= 0.6 is 0 Å². The first-order valence-corrected chi connectivity index (χ1v) is 6.13. The molecule has 0 saturated heterocycles. The predicted octanol–water partition coefficient (Wildman–Crippen LogP) is 3.94. The van der Waals surface area contributed by atoms with Gasteiger partial charge in [-0.3, -0.25) is 0 Å². The molecule has 2 rings (SSSR count). The average Bonchev–Trinajstić information content (AvgIpc) is 2.30. The number of hydrogen-bond donors (Lipinski definition) is 2. The lowest BCUT2D eigenvalue weighted by molar-refractivity contribution is 0.242. The molecule has 0 fully saturated rings. The van der Waals surface area contributed by atoms with Crippen molar-refractivity contribution in [1.82, 2.24) is 0 Å². The maximum Gasteiger partial charge on any atom is 0.146 e. The van der Waals surface area contributed by atoms with Crippen LogP contribution in [0.4, 0.5) is 21.5 Å². The Hall–Kier alpha value is -2.23. The van der Waals surface area contributed by atoms with Crippen LogP contribution in [0.3, 0.4) is 0 Å². The molecule has 0 aliphatic rings. The van der Waals surface area contributed by atoms with Crippen LogP contribution in [0.1, 0.15) is 13.8 Å². The second-order valence-corrected chi connectivity index (χ2v) is 4.56. The van der Waals surface area contributed by atoms with E-state index >= 15 is 0 Å². The average molecular weight is 260 g/mol. The molecule has 100 valence electrons. The first-order chi connectivity index (χ1) is 9.04. The molecule has 4 heteroatoms. The Kier molecular flexibility index (Phi) is 3.90. The highest BCUT2D eigenvalue weighted by atomic mass is 19.1. The van der Waals surface area contributed by atoms with E-state index in [2.05, 4.69) is 5.32 Å². The van der Waals surface area contributed by atoms with Crippen LogP contribution < -0.4 is 15.8 Å². The lowest BCUT2D eigenvalue weighted by Crippen LogP contribution is -2.06. The molecule has 0 bridgehead atoms. The highest BCUT2D eigenvalue weighted by molar-refractivity contribution is 5.66. The number of halogens is 1. The Morgan fingerprint density at radius 1 is 1.16 bits per heavy atom. The van der Waals surface area contributed by atoms with Crippen molar-refractivity contribution in [1.29, 1.82) is 0 Å². The number of nitrogens with one attached hydrogen (secondary N) is 1. The summed E-state index contributed by atoms with van der Waals surface area (Å²) in [6.45, 7) is 3.88. The molecule has 0 aliphatic heterocycles. The van der Waals surface area contributed by atoms with Crippen LogP contribution in [0.5, 0.6) is 5.75 Å². The zero-order valence-electron chi connectivity index (χ0n) is 11.0. The molecule has 0 spiro atoms. The number of para-hydroxylation sites is 1. The fourth-order valence-electron chi connectivity index (χ4n) is 1.75. The van der Waals surface area contributed by atoms with Crippen molar-refractivity contribution in [2.24, 2.45) is 0 Å². The van der Waals surface area contributed by atoms with E-state index in [1.54, 1.807) is 36.4 Å². The van der Waals surface area contributed by atoms with Gasteiger partial charge >= 0.3 is 0 Å². The van der Waals surface area contributed by atoms with Gasteiger partial charge in [0.2, 0.25) is 0 Å². The Bertz CT molecular complexity index is 570. The van der Waals surface area contributed by atoms with Gasteiger partial charge in [-0.2, -0.15) is 0 Å². The quantitative estimate of drug-likeness (QED) is 0.818. The molecular weight excluding hydrogens is 243 g/mol. The molecule has 0 atom stereocenters. The second kappa shape index (κ2) is 5.61. The number of rotatable bonds is 4. The third-order valence-electron chi connectivity index (χ3n) is 2.45. The van der Waals surface area contributed by atoms with Crippen molar-refractivity contribution in [3.05, 3.63) is 48.3 Å². The van der Waals surface area contributed by atoms with E-state index < -0.39 is 0 Å². The van der Waals surface area contributed by atoms with Crippen LogP contribution in [0.2, 0.25) is 0 Å². The van der Waals surface area contributed by atoms with Gasteiger partial charge in [0, 0.05) is 23.5 Å². The van der Waals surface area contributed by atoms with Crippen molar-refractivity contribution in [3.63, 3.8) is 0 Å². The second-order valence-electron chi connectivity index (χ2n) is 4.56. The van der Waals surface area contributed by atoms with Gasteiger partial charge in [-0.1, -0.05) is 12.1 Å². The smallest absolute Gasteiger partial charge is 0.146 e. The zero-order chi connectivity index (χ0) is 13.8. The van der Waals surface area contributed by atoms with Gasteiger partial charge in [0.1, 0.15) is 11.6 Å². The molecule has 0 aliphatic carbocycles. The molecular formula is C15H17FN2O. The summed E-state index contributed by atoms with van der Waals surface area (Å²) in [7, 11) is 0. The number of benzene rings is 2. The topological polar surface area (TPSA) is 47.3 Å². The number of ether oxygens (including phenoxy) is 1. The van der Waals surface area contributed by atoms with E-state index in [4.69, 9.17) is 10.5 Å². The van der Waals surface area contributed by atoms with Gasteiger partial charge in [-0.05, 0) is 32.0 Å². The molecule has 0 amide bonds. The molecule has 19 heavy (non-hydrogen) atoms. The fraction of sp³-hybridized carbons (Fsp3) is 0.200. The summed E-state index contributed by atoms with van der Waals surface area (Å²) in [5, 5.41) is 2.99. The van der Waals surface area contributed by atoms with Crippen LogP contribution in [-0.2, 0) is 0 Å². The van der Waals surface area contributed by atoms with E-state index in [0.29, 0.717) is 22.8 Å². The van der Waals surface area contributed by atoms with Crippen LogP contribution in [0.15, 0.2) is 42.5 Å². The molecule has 3 nitrogen and oxygen atoms in total. The van der Waals surface area contributed by atoms with Crippen molar-refractivity contribution < 1.29 is 9.13 Å². The number of hydrogen-bond acceptors (Lipinski definition) is 3. The van der Waals surface area contributed by atoms with Gasteiger partial charge in [0.25, 0.3) is 0 Å². The minimum atomic E-state index is -0.309. The highest BCUT2D eigenvalue weighted by Crippen LogP contribution is 2.27. The zero-order valence-corrected chi connectivity index (χ0v) is 11.0. The Balaban J connectivity index is 2.25. The summed E-state index contributed by atoms with van der Waals surface area (Å²) in [5.41, 5.74) is 7.48. The van der Waals surface area contributed by atoms with E-state index in [1.165, 1.54) is 6.07 Å². The lowest BCUT2D eigenvalue weighted by atomic mass is 10.2. The molecule has 0 unspecified atom stereocenters. The van der Waals surface area contributed by atoms with Crippen LogP contribution in [0.25, 0.3) is 0 Å². The van der Waals surface area contributed by atoms with E-state index in [9.17, 15) is 4.39 Å². The monoisotopic (exact) mass is 260 g/mol. The van der Waals surface area contributed by atoms with Crippen molar-refractivity contribution in [2.75, 3.05) is 11.1 Å². The summed E-state index contributed by atoms with van der Waals surface area (Å²) in [4.78, 5) is 0. The minimum absolute atomic E-state index is 0.0584. The van der Waals surface area contributed by atoms with Gasteiger partial charge in [0.05, 0.1) is 11.8 Å². The summed E-state index contributed by atoms with van der Waals surface area (Å²) in [5.74, 6) is 0.352. The predicted molar refractivity (Wildman–Crippen MR) is 76.3 cm³/mol. The normalized spacial score (nSPS) is 10.5. The van der Waals surface area contributed by atoms with Gasteiger partial charge < -0.3 is 15.8 Å². The maximum absolute atomic E-state index is 13.6. The number of nitrogens with two attached hydrogens (primary N) is 1. The maximum atomic E-state index is 13.6. The Morgan fingerprint density at radius 3 is 2.58 bits per heavy atom. The third kappa shape index (κ3) is 3.61. The molecule has 2 aromatic rings. The molecule has 3 N–H and O–H groups in total.